The summed E-state index contributed by atoms with van der Waals surface area (Å²) in [7, 11) is -1.93. The zero-order valence-corrected chi connectivity index (χ0v) is 33.8. The molecule has 0 unspecified atom stereocenters. The number of pyridine rings is 1. The Hall–Kier alpha value is -5.07. The first kappa shape index (κ1) is 37.7. The van der Waals surface area contributed by atoms with Crippen LogP contribution in [-0.4, -0.2) is 4.98 Å². The van der Waals surface area contributed by atoms with Crippen molar-refractivity contribution in [2.24, 2.45) is 0 Å². The Morgan fingerprint density at radius 3 is 1.13 bits per heavy atom. The van der Waals surface area contributed by atoms with Crippen molar-refractivity contribution < 1.29 is 19.8 Å². The Morgan fingerprint density at radius 2 is 0.736 bits per heavy atom. The van der Waals surface area contributed by atoms with Crippen molar-refractivity contribution in [3.8, 4) is 33.5 Å². The van der Waals surface area contributed by atoms with E-state index >= 15 is 0 Å². The van der Waals surface area contributed by atoms with Crippen LogP contribution in [0.4, 0.5) is 0 Å². The van der Waals surface area contributed by atoms with Gasteiger partial charge in [0, 0.05) is 6.20 Å². The molecule has 0 spiro atoms. The molecule has 7 aromatic carbocycles. The van der Waals surface area contributed by atoms with Gasteiger partial charge in [-0.3, -0.25) is 0 Å². The molecule has 8 rings (SSSR count). The second-order valence-corrected chi connectivity index (χ2v) is 16.9. The Bertz CT molecular complexity index is 2040. The molecule has 1 nitrogen and oxygen atoms in total. The van der Waals surface area contributed by atoms with Crippen LogP contribution in [0.15, 0.2) is 230 Å². The molecule has 0 amide bonds. The van der Waals surface area contributed by atoms with Crippen molar-refractivity contribution in [2.75, 3.05) is 0 Å². The van der Waals surface area contributed by atoms with Crippen LogP contribution in [0, 0.1) is 6.07 Å². The first-order valence-corrected chi connectivity index (χ1v) is 20.7. The first-order valence-electron chi connectivity index (χ1n) is 17.5. The molecular formula is C49H40NOsP2+2. The third-order valence-corrected chi connectivity index (χ3v) is 14.0. The second-order valence-electron chi connectivity index (χ2n) is 12.3. The fourth-order valence-corrected chi connectivity index (χ4v) is 11.1. The summed E-state index contributed by atoms with van der Waals surface area (Å²) in [5.74, 6) is 5.01. The predicted octanol–water partition coefficient (Wildman–Crippen LogP) is 11.1. The van der Waals surface area contributed by atoms with Crippen molar-refractivity contribution in [1.82, 2.24) is 4.98 Å². The normalized spacial score (nSPS) is 10.8. The van der Waals surface area contributed by atoms with Crippen molar-refractivity contribution in [1.29, 1.82) is 0 Å². The molecule has 1 aromatic heterocycles. The number of aromatic nitrogens is 1. The smallest absolute Gasteiger partial charge is 0.305 e. The molecule has 0 aliphatic heterocycles. The molecule has 0 saturated heterocycles. The minimum absolute atomic E-state index is 0. The molecular weight excluding hydrogens is 855 g/mol. The van der Waals surface area contributed by atoms with E-state index in [1.165, 1.54) is 43.5 Å². The molecule has 0 saturated carbocycles. The van der Waals surface area contributed by atoms with Gasteiger partial charge in [0.1, 0.15) is 32.9 Å². The Kier molecular flexibility index (Phi) is 14.0. The van der Waals surface area contributed by atoms with Gasteiger partial charge in [0.2, 0.25) is 0 Å². The zero-order chi connectivity index (χ0) is 35.2. The maximum Gasteiger partial charge on any atom is 1.00 e. The minimum atomic E-state index is -0.964. The van der Waals surface area contributed by atoms with E-state index in [4.69, 9.17) is 0 Å². The van der Waals surface area contributed by atoms with Crippen LogP contribution in [-0.2, 0) is 19.8 Å². The zero-order valence-electron chi connectivity index (χ0n) is 29.2. The van der Waals surface area contributed by atoms with Gasteiger partial charge in [-0.15, -0.1) is 35.4 Å². The van der Waals surface area contributed by atoms with Crippen molar-refractivity contribution >= 4 is 37.1 Å². The SMILES string of the molecule is C(=C/[PH+](c1ccccc1)c1ccccc1)/[PH+](c1ccccc1)c1ccccc1.[Os+].[c-]1ccc(-c2ccccc2)cc1-c1cc(-c2ccccc2)ccn1. The van der Waals surface area contributed by atoms with Crippen LogP contribution in [0.25, 0.3) is 33.5 Å². The topological polar surface area (TPSA) is 12.9 Å². The number of hydrogen-bond donors (Lipinski definition) is 0. The number of nitrogens with zero attached hydrogens (tertiary/aromatic N) is 1. The molecule has 0 aliphatic carbocycles. The molecule has 0 bridgehead atoms. The summed E-state index contributed by atoms with van der Waals surface area (Å²) in [6.45, 7) is 0. The van der Waals surface area contributed by atoms with E-state index in [2.05, 4.69) is 211 Å². The Balaban J connectivity index is 0.000000180. The molecule has 1 heterocycles. The summed E-state index contributed by atoms with van der Waals surface area (Å²) in [4.78, 5) is 4.54. The van der Waals surface area contributed by atoms with E-state index < -0.39 is 15.8 Å². The molecule has 53 heavy (non-hydrogen) atoms. The monoisotopic (exact) mass is 896 g/mol. The number of hydrogen-bond acceptors (Lipinski definition) is 1. The van der Waals surface area contributed by atoms with Crippen LogP contribution < -0.4 is 21.2 Å². The summed E-state index contributed by atoms with van der Waals surface area (Å²) >= 11 is 0. The van der Waals surface area contributed by atoms with Gasteiger partial charge in [-0.2, -0.15) is 0 Å². The summed E-state index contributed by atoms with van der Waals surface area (Å²) in [6, 6.07) is 78.1. The molecule has 1 radical (unpaired) electrons. The van der Waals surface area contributed by atoms with Crippen molar-refractivity contribution in [2.45, 2.75) is 0 Å². The van der Waals surface area contributed by atoms with E-state index in [9.17, 15) is 0 Å². The van der Waals surface area contributed by atoms with E-state index in [1.54, 1.807) is 0 Å². The van der Waals surface area contributed by atoms with Crippen LogP contribution >= 0.6 is 15.8 Å². The fraction of sp³-hybridized carbons (Fsp3) is 0. The van der Waals surface area contributed by atoms with Gasteiger partial charge < -0.3 is 4.98 Å². The fourth-order valence-electron chi connectivity index (χ4n) is 6.17. The van der Waals surface area contributed by atoms with Gasteiger partial charge in [-0.05, 0) is 77.0 Å². The van der Waals surface area contributed by atoms with Crippen LogP contribution in [0.3, 0.4) is 0 Å². The first-order chi connectivity index (χ1) is 25.8. The van der Waals surface area contributed by atoms with Gasteiger partial charge in [0.25, 0.3) is 0 Å². The number of benzene rings is 7. The third-order valence-electron chi connectivity index (χ3n) is 8.81. The quantitative estimate of drug-likeness (QED) is 0.104. The van der Waals surface area contributed by atoms with Gasteiger partial charge in [-0.25, -0.2) is 0 Å². The molecule has 0 N–H and O–H groups in total. The molecule has 257 valence electrons. The second kappa shape index (κ2) is 19.7. The molecule has 4 heteroatoms. The summed E-state index contributed by atoms with van der Waals surface area (Å²) < 4.78 is 0. The van der Waals surface area contributed by atoms with Gasteiger partial charge in [-0.1, -0.05) is 140 Å². The van der Waals surface area contributed by atoms with Crippen molar-refractivity contribution in [3.63, 3.8) is 0 Å². The molecule has 8 aromatic rings. The molecule has 0 atom stereocenters. The predicted molar refractivity (Wildman–Crippen MR) is 229 cm³/mol. The van der Waals surface area contributed by atoms with Crippen LogP contribution in [0.2, 0.25) is 0 Å². The van der Waals surface area contributed by atoms with Gasteiger partial charge >= 0.3 is 19.8 Å². The van der Waals surface area contributed by atoms with E-state index in [1.807, 2.05) is 30.5 Å². The Morgan fingerprint density at radius 1 is 0.377 bits per heavy atom. The van der Waals surface area contributed by atoms with Gasteiger partial charge in [0.15, 0.2) is 0 Å². The van der Waals surface area contributed by atoms with E-state index in [0.717, 1.165) is 11.3 Å². The molecule has 0 fully saturated rings. The average molecular weight is 895 g/mol. The summed E-state index contributed by atoms with van der Waals surface area (Å²) in [6.07, 6.45) is 1.86. The minimum Gasteiger partial charge on any atom is -0.305 e. The van der Waals surface area contributed by atoms with E-state index in [-0.39, 0.29) is 19.8 Å². The maximum absolute atomic E-state index is 4.54. The van der Waals surface area contributed by atoms with E-state index in [0.29, 0.717) is 0 Å². The standard InChI is InChI=1S/C26H22P2.C23H16N.Os/c1-5-13-23(14-6-1)27(24-15-7-2-8-16-24)21-22-28(25-17-9-3-10-18-25)26-19-11-4-12-20-26;1-3-8-18(9-4-1)20-12-7-13-22(16-20)23-17-21(14-15-24-23)19-10-5-2-6-11-19;/h1-22H;1-12,14-17H;/q;-1;+1/p+2/b22-21-;;. The van der Waals surface area contributed by atoms with Crippen molar-refractivity contribution in [3.05, 3.63) is 236 Å². The van der Waals surface area contributed by atoms with Crippen LogP contribution in [0.5, 0.6) is 0 Å². The molecule has 0 aliphatic rings. The summed E-state index contributed by atoms with van der Waals surface area (Å²) in [5.41, 5.74) is 6.69. The van der Waals surface area contributed by atoms with Gasteiger partial charge in [0.05, 0.1) is 15.8 Å². The van der Waals surface area contributed by atoms with Crippen LogP contribution in [0.1, 0.15) is 0 Å². The largest absolute Gasteiger partial charge is 1.00 e. The number of rotatable bonds is 9. The summed E-state index contributed by atoms with van der Waals surface area (Å²) in [5, 5.41) is 5.71. The maximum atomic E-state index is 4.54. The third kappa shape index (κ3) is 10.3. The Labute approximate surface area is 329 Å². The average Bonchev–Trinajstić information content (AvgIpc) is 3.25.